The van der Waals surface area contributed by atoms with Gasteiger partial charge in [0.25, 0.3) is 0 Å². The van der Waals surface area contributed by atoms with Crippen LogP contribution in [0.1, 0.15) is 46.5 Å². The minimum atomic E-state index is -1.33. The van der Waals surface area contributed by atoms with Crippen LogP contribution in [0.15, 0.2) is 0 Å². The van der Waals surface area contributed by atoms with Crippen LogP contribution in [0.25, 0.3) is 0 Å². The first kappa shape index (κ1) is 28.3. The van der Waals surface area contributed by atoms with Gasteiger partial charge in [-0.25, -0.2) is 0 Å². The van der Waals surface area contributed by atoms with E-state index in [0.717, 1.165) is 32.2 Å². The lowest BCUT2D eigenvalue weighted by Gasteiger charge is -2.45. The van der Waals surface area contributed by atoms with Crippen LogP contribution in [0.2, 0.25) is 0 Å². The molecule has 2 heterocycles. The quantitative estimate of drug-likeness (QED) is 0.327. The van der Waals surface area contributed by atoms with Crippen molar-refractivity contribution < 1.29 is 29.3 Å². The molecule has 10 heteroatoms. The molecule has 33 heavy (non-hydrogen) atoms. The Morgan fingerprint density at radius 3 is 2.55 bits per heavy atom. The number of carbonyl (C=O) groups is 2. The molecule has 2 saturated heterocycles. The summed E-state index contributed by atoms with van der Waals surface area (Å²) in [5.74, 6) is -0.136. The number of piperidine rings is 1. The maximum absolute atomic E-state index is 13.1. The van der Waals surface area contributed by atoms with E-state index in [1.807, 2.05) is 13.8 Å². The van der Waals surface area contributed by atoms with E-state index in [0.29, 0.717) is 5.92 Å². The normalized spacial score (nSPS) is 33.7. The molecule has 192 valence electrons. The lowest BCUT2D eigenvalue weighted by molar-refractivity contribution is -0.221. The van der Waals surface area contributed by atoms with Gasteiger partial charge in [-0.05, 0) is 51.6 Å². The number of likely N-dealkylation sites (N-methyl/N-ethyl adjacent to an activating group) is 1. The van der Waals surface area contributed by atoms with Crippen molar-refractivity contribution in [1.29, 1.82) is 0 Å². The molecule has 1 amide bonds. The van der Waals surface area contributed by atoms with Crippen LogP contribution in [-0.4, -0.2) is 102 Å². The summed E-state index contributed by atoms with van der Waals surface area (Å²) in [5, 5.41) is 28.1. The van der Waals surface area contributed by atoms with Gasteiger partial charge >= 0.3 is 5.97 Å². The SMILES string of the molecule is CCC[C@@H]1CCN[C@H](C(=O)N[C@H](C(C)C)[C@H]2O[C@H](SC)[C@H](OC(=O)CN(C)C)[C@@H](O)[C@H]2O)C1. The molecule has 0 aromatic carbocycles. The Labute approximate surface area is 202 Å². The average molecular weight is 490 g/mol. The summed E-state index contributed by atoms with van der Waals surface area (Å²) < 4.78 is 11.6. The van der Waals surface area contributed by atoms with Crippen molar-refractivity contribution >= 4 is 23.6 Å². The lowest BCUT2D eigenvalue weighted by Crippen LogP contribution is -2.65. The molecule has 2 aliphatic rings. The molecular formula is C23H43N3O6S. The van der Waals surface area contributed by atoms with Gasteiger partial charge in [0.2, 0.25) is 5.91 Å². The highest BCUT2D eigenvalue weighted by Gasteiger charge is 2.50. The van der Waals surface area contributed by atoms with Gasteiger partial charge in [0.15, 0.2) is 6.10 Å². The van der Waals surface area contributed by atoms with Crippen molar-refractivity contribution in [3.8, 4) is 0 Å². The Morgan fingerprint density at radius 2 is 1.97 bits per heavy atom. The molecule has 4 N–H and O–H groups in total. The molecule has 0 aliphatic carbocycles. The van der Waals surface area contributed by atoms with Crippen LogP contribution in [-0.2, 0) is 19.1 Å². The monoisotopic (exact) mass is 489 g/mol. The van der Waals surface area contributed by atoms with E-state index in [1.54, 1.807) is 25.3 Å². The Balaban J connectivity index is 2.10. The van der Waals surface area contributed by atoms with E-state index in [4.69, 9.17) is 9.47 Å². The number of rotatable bonds is 10. The molecule has 0 spiro atoms. The highest BCUT2D eigenvalue weighted by atomic mass is 32.2. The largest absolute Gasteiger partial charge is 0.455 e. The van der Waals surface area contributed by atoms with Crippen molar-refractivity contribution in [2.24, 2.45) is 11.8 Å². The van der Waals surface area contributed by atoms with Gasteiger partial charge in [-0.1, -0.05) is 33.6 Å². The predicted octanol–water partition coefficient (Wildman–Crippen LogP) is 0.579. The van der Waals surface area contributed by atoms with Crippen LogP contribution in [0.3, 0.4) is 0 Å². The number of hydrogen-bond acceptors (Lipinski definition) is 9. The molecule has 0 aromatic rings. The molecule has 0 saturated carbocycles. The summed E-state index contributed by atoms with van der Waals surface area (Å²) in [5.41, 5.74) is -0.667. The standard InChI is InChI=1S/C23H43N3O6S/c1-7-8-14-9-10-24-15(11-14)22(30)25-17(13(2)3)20-18(28)19(29)21(23(32-20)33-6)31-16(27)12-26(4)5/h13-15,17-21,23-24,28-29H,7-12H2,1-6H3,(H,25,30)/t14-,15+,17-,18-,19+,20-,21-,23-/m1/s1. The summed E-state index contributed by atoms with van der Waals surface area (Å²) >= 11 is 1.30. The van der Waals surface area contributed by atoms with Gasteiger partial charge < -0.3 is 30.3 Å². The van der Waals surface area contributed by atoms with Gasteiger partial charge in [-0.15, -0.1) is 11.8 Å². The second kappa shape index (κ2) is 13.3. The smallest absolute Gasteiger partial charge is 0.320 e. The topological polar surface area (TPSA) is 120 Å². The Morgan fingerprint density at radius 1 is 1.27 bits per heavy atom. The van der Waals surface area contributed by atoms with Crippen molar-refractivity contribution in [1.82, 2.24) is 15.5 Å². The summed E-state index contributed by atoms with van der Waals surface area (Å²) in [7, 11) is 3.49. The summed E-state index contributed by atoms with van der Waals surface area (Å²) in [4.78, 5) is 26.9. The molecule has 2 aliphatic heterocycles. The number of esters is 1. The third kappa shape index (κ3) is 7.80. The van der Waals surface area contributed by atoms with E-state index in [1.165, 1.54) is 11.8 Å². The van der Waals surface area contributed by atoms with Crippen molar-refractivity contribution in [3.05, 3.63) is 0 Å². The second-order valence-electron chi connectivity index (χ2n) is 9.84. The molecule has 0 unspecified atom stereocenters. The second-order valence-corrected chi connectivity index (χ2v) is 10.8. The highest BCUT2D eigenvalue weighted by Crippen LogP contribution is 2.32. The first-order chi connectivity index (χ1) is 15.6. The number of aliphatic hydroxyl groups excluding tert-OH is 2. The van der Waals surface area contributed by atoms with Gasteiger partial charge in [0, 0.05) is 0 Å². The van der Waals surface area contributed by atoms with Crippen molar-refractivity contribution in [2.75, 3.05) is 33.4 Å². The molecule has 0 radical (unpaired) electrons. The van der Waals surface area contributed by atoms with Gasteiger partial charge in [-0.3, -0.25) is 14.5 Å². The average Bonchev–Trinajstić information content (AvgIpc) is 2.75. The zero-order valence-electron chi connectivity index (χ0n) is 20.8. The predicted molar refractivity (Wildman–Crippen MR) is 129 cm³/mol. The molecule has 2 rings (SSSR count). The number of thioether (sulfide) groups is 1. The summed E-state index contributed by atoms with van der Waals surface area (Å²) in [6, 6.07) is -0.790. The van der Waals surface area contributed by atoms with E-state index < -0.39 is 41.9 Å². The number of carbonyl (C=O) groups excluding carboxylic acids is 2. The third-order valence-corrected chi connectivity index (χ3v) is 7.28. The molecule has 0 aromatic heterocycles. The van der Waals surface area contributed by atoms with Crippen LogP contribution < -0.4 is 10.6 Å². The number of ether oxygens (including phenoxy) is 2. The number of nitrogens with zero attached hydrogens (tertiary/aromatic N) is 1. The number of aliphatic hydroxyl groups is 2. The van der Waals surface area contributed by atoms with E-state index in [9.17, 15) is 19.8 Å². The maximum atomic E-state index is 13.1. The molecule has 9 nitrogen and oxygen atoms in total. The van der Waals surface area contributed by atoms with Gasteiger partial charge in [0.05, 0.1) is 18.6 Å². The Kier molecular flexibility index (Phi) is 11.4. The van der Waals surface area contributed by atoms with Crippen LogP contribution >= 0.6 is 11.8 Å². The van der Waals surface area contributed by atoms with Crippen LogP contribution in [0.4, 0.5) is 0 Å². The zero-order chi connectivity index (χ0) is 24.7. The number of nitrogens with one attached hydrogen (secondary N) is 2. The Hall–Kier alpha value is -0.910. The molecule has 8 atom stereocenters. The fourth-order valence-corrected chi connectivity index (χ4v) is 5.41. The Bertz CT molecular complexity index is 633. The first-order valence-corrected chi connectivity index (χ1v) is 13.3. The minimum absolute atomic E-state index is 0.0498. The van der Waals surface area contributed by atoms with Gasteiger partial charge in [-0.2, -0.15) is 0 Å². The maximum Gasteiger partial charge on any atom is 0.320 e. The van der Waals surface area contributed by atoms with E-state index in [-0.39, 0.29) is 24.4 Å². The van der Waals surface area contributed by atoms with Crippen LogP contribution in [0, 0.1) is 11.8 Å². The number of hydrogen-bond donors (Lipinski definition) is 4. The fourth-order valence-electron chi connectivity index (χ4n) is 4.68. The highest BCUT2D eigenvalue weighted by molar-refractivity contribution is 7.99. The lowest BCUT2D eigenvalue weighted by atomic mass is 9.86. The summed E-state index contributed by atoms with van der Waals surface area (Å²) in [6.45, 7) is 6.91. The fraction of sp³-hybridized carbons (Fsp3) is 0.913. The van der Waals surface area contributed by atoms with Gasteiger partial charge in [0.1, 0.15) is 23.7 Å². The van der Waals surface area contributed by atoms with Crippen molar-refractivity contribution in [3.63, 3.8) is 0 Å². The summed E-state index contributed by atoms with van der Waals surface area (Å²) in [6.07, 6.45) is 1.39. The first-order valence-electron chi connectivity index (χ1n) is 12.0. The van der Waals surface area contributed by atoms with Crippen LogP contribution in [0.5, 0.6) is 0 Å². The zero-order valence-corrected chi connectivity index (χ0v) is 21.6. The molecular weight excluding hydrogens is 446 g/mol. The number of amides is 1. The van der Waals surface area contributed by atoms with E-state index >= 15 is 0 Å². The molecule has 2 fully saturated rings. The van der Waals surface area contributed by atoms with E-state index in [2.05, 4.69) is 17.6 Å². The minimum Gasteiger partial charge on any atom is -0.455 e. The molecule has 0 bridgehead atoms. The third-order valence-electron chi connectivity index (χ3n) is 6.43. The van der Waals surface area contributed by atoms with Crippen molar-refractivity contribution in [2.45, 2.75) is 88.4 Å².